The minimum absolute atomic E-state index is 0.0723. The lowest BCUT2D eigenvalue weighted by molar-refractivity contribution is -0.121. The number of amides is 1. The molecule has 1 amide bonds. The second kappa shape index (κ2) is 9.38. The van der Waals surface area contributed by atoms with Crippen LogP contribution in [0.4, 0.5) is 5.82 Å². The molecule has 166 valence electrons. The fraction of sp³-hybridized carbons (Fsp3) is 0.400. The van der Waals surface area contributed by atoms with Crippen LogP contribution in [-0.4, -0.2) is 60.5 Å². The number of piperazine rings is 1. The normalized spacial score (nSPS) is 17.1. The maximum absolute atomic E-state index is 11.8. The summed E-state index contributed by atoms with van der Waals surface area (Å²) in [5.41, 5.74) is 2.61. The topological polar surface area (TPSA) is 61.4 Å². The number of benzene rings is 1. The summed E-state index contributed by atoms with van der Waals surface area (Å²) < 4.78 is 0. The highest BCUT2D eigenvalue weighted by Crippen LogP contribution is 2.40. The molecule has 1 fully saturated rings. The number of nitrogens with zero attached hydrogens (tertiary/aromatic N) is 4. The number of aryl methyl sites for hydroxylation is 2. The van der Waals surface area contributed by atoms with Crippen molar-refractivity contribution in [1.82, 2.24) is 20.2 Å². The van der Waals surface area contributed by atoms with E-state index in [1.807, 2.05) is 35.6 Å². The number of hydrogen-bond acceptors (Lipinski definition) is 6. The Bertz CT molecular complexity index is 1130. The molecule has 1 N–H and O–H groups in total. The van der Waals surface area contributed by atoms with E-state index in [1.54, 1.807) is 7.05 Å². The average Bonchev–Trinajstić information content (AvgIpc) is 3.22. The van der Waals surface area contributed by atoms with Gasteiger partial charge in [0.05, 0.1) is 11.9 Å². The van der Waals surface area contributed by atoms with Gasteiger partial charge in [-0.1, -0.05) is 36.4 Å². The van der Waals surface area contributed by atoms with Crippen LogP contribution in [0.5, 0.6) is 0 Å². The standard InChI is InChI=1S/C25H29N5OS/c1-26-22(31)17-29-13-15-30(16-14-29)24-23-19-9-5-6-10-20(19)32-25(23)28-21(27-24)12-11-18-7-3-2-4-8-18/h2-4,7-8,11-12H,5-6,9-10,13-17H2,1H3,(H,26,31). The van der Waals surface area contributed by atoms with Crippen molar-refractivity contribution >= 4 is 45.4 Å². The third kappa shape index (κ3) is 4.40. The van der Waals surface area contributed by atoms with Crippen molar-refractivity contribution in [1.29, 1.82) is 0 Å². The van der Waals surface area contributed by atoms with Gasteiger partial charge >= 0.3 is 0 Å². The predicted octanol–water partition coefficient (Wildman–Crippen LogP) is 3.61. The number of fused-ring (bicyclic) bond motifs is 3. The Balaban J connectivity index is 1.48. The van der Waals surface area contributed by atoms with E-state index in [9.17, 15) is 4.79 Å². The minimum atomic E-state index is 0.0723. The molecule has 2 aliphatic rings. The number of aromatic nitrogens is 2. The van der Waals surface area contributed by atoms with E-state index in [4.69, 9.17) is 9.97 Å². The molecule has 0 saturated carbocycles. The number of anilines is 1. The van der Waals surface area contributed by atoms with Crippen molar-refractivity contribution in [2.75, 3.05) is 44.7 Å². The molecule has 0 unspecified atom stereocenters. The SMILES string of the molecule is CNC(=O)CN1CCN(c2nc(C=Cc3ccccc3)nc3sc4c(c23)CCCC4)CC1. The first kappa shape index (κ1) is 21.1. The van der Waals surface area contributed by atoms with E-state index in [-0.39, 0.29) is 5.91 Å². The number of nitrogens with one attached hydrogen (secondary N) is 1. The van der Waals surface area contributed by atoms with E-state index in [0.717, 1.165) is 61.1 Å². The van der Waals surface area contributed by atoms with Gasteiger partial charge in [-0.05, 0) is 42.9 Å². The van der Waals surface area contributed by atoms with E-state index >= 15 is 0 Å². The first-order chi connectivity index (χ1) is 15.7. The molecule has 1 aliphatic heterocycles. The predicted molar refractivity (Wildman–Crippen MR) is 132 cm³/mol. The van der Waals surface area contributed by atoms with Crippen LogP contribution in [0.15, 0.2) is 30.3 Å². The van der Waals surface area contributed by atoms with Crippen LogP contribution in [0, 0.1) is 0 Å². The van der Waals surface area contributed by atoms with Crippen LogP contribution < -0.4 is 10.2 Å². The van der Waals surface area contributed by atoms with Crippen LogP contribution >= 0.6 is 11.3 Å². The second-order valence-electron chi connectivity index (χ2n) is 8.48. The number of likely N-dealkylation sites (N-methyl/N-ethyl adjacent to an activating group) is 1. The largest absolute Gasteiger partial charge is 0.358 e. The molecule has 32 heavy (non-hydrogen) atoms. The summed E-state index contributed by atoms with van der Waals surface area (Å²) in [6.45, 7) is 3.93. The lowest BCUT2D eigenvalue weighted by atomic mass is 9.97. The molecule has 0 atom stereocenters. The molecule has 3 heterocycles. The molecule has 2 aromatic heterocycles. The van der Waals surface area contributed by atoms with E-state index in [1.165, 1.54) is 28.7 Å². The zero-order valence-electron chi connectivity index (χ0n) is 18.5. The summed E-state index contributed by atoms with van der Waals surface area (Å²) in [5.74, 6) is 1.91. The first-order valence-corrected chi connectivity index (χ1v) is 12.3. The summed E-state index contributed by atoms with van der Waals surface area (Å²) in [7, 11) is 1.69. The average molecular weight is 448 g/mol. The van der Waals surface area contributed by atoms with Crippen molar-refractivity contribution < 1.29 is 4.79 Å². The first-order valence-electron chi connectivity index (χ1n) is 11.4. The summed E-state index contributed by atoms with van der Waals surface area (Å²) in [6, 6.07) is 10.3. The third-order valence-corrected chi connectivity index (χ3v) is 7.54. The quantitative estimate of drug-likeness (QED) is 0.648. The van der Waals surface area contributed by atoms with Gasteiger partial charge in [-0.25, -0.2) is 9.97 Å². The van der Waals surface area contributed by atoms with Gasteiger partial charge in [-0.15, -0.1) is 11.3 Å². The molecular weight excluding hydrogens is 418 g/mol. The van der Waals surface area contributed by atoms with Crippen LogP contribution in [-0.2, 0) is 17.6 Å². The lowest BCUT2D eigenvalue weighted by Gasteiger charge is -2.35. The van der Waals surface area contributed by atoms with Crippen LogP contribution in [0.25, 0.3) is 22.4 Å². The highest BCUT2D eigenvalue weighted by molar-refractivity contribution is 7.19. The Kier molecular flexibility index (Phi) is 6.19. The molecule has 0 bridgehead atoms. The van der Waals surface area contributed by atoms with E-state index in [2.05, 4.69) is 33.3 Å². The van der Waals surface area contributed by atoms with Crippen molar-refractivity contribution in [2.45, 2.75) is 25.7 Å². The Morgan fingerprint density at radius 3 is 2.62 bits per heavy atom. The molecule has 0 radical (unpaired) electrons. The maximum atomic E-state index is 11.8. The molecule has 7 heteroatoms. The van der Waals surface area contributed by atoms with Crippen molar-refractivity contribution in [3.8, 4) is 0 Å². The Labute approximate surface area is 193 Å². The zero-order chi connectivity index (χ0) is 21.9. The molecule has 0 spiro atoms. The van der Waals surface area contributed by atoms with Crippen molar-refractivity contribution in [3.63, 3.8) is 0 Å². The molecule has 6 nitrogen and oxygen atoms in total. The number of hydrogen-bond donors (Lipinski definition) is 1. The third-order valence-electron chi connectivity index (χ3n) is 6.36. The van der Waals surface area contributed by atoms with Crippen LogP contribution in [0.3, 0.4) is 0 Å². The van der Waals surface area contributed by atoms with Gasteiger partial charge in [0, 0.05) is 38.1 Å². The molecule has 1 aliphatic carbocycles. The molecule has 1 aromatic carbocycles. The Morgan fingerprint density at radius 2 is 1.84 bits per heavy atom. The molecule has 5 rings (SSSR count). The van der Waals surface area contributed by atoms with Gasteiger partial charge < -0.3 is 10.2 Å². The fourth-order valence-electron chi connectivity index (χ4n) is 4.59. The van der Waals surface area contributed by atoms with Crippen molar-refractivity contribution in [2.24, 2.45) is 0 Å². The summed E-state index contributed by atoms with van der Waals surface area (Å²) in [6.07, 6.45) is 8.90. The van der Waals surface area contributed by atoms with Crippen LogP contribution in [0.2, 0.25) is 0 Å². The van der Waals surface area contributed by atoms with Gasteiger partial charge in [0.2, 0.25) is 5.91 Å². The molecule has 1 saturated heterocycles. The molecular formula is C25H29N5OS. The summed E-state index contributed by atoms with van der Waals surface area (Å²) in [4.78, 5) is 29.0. The van der Waals surface area contributed by atoms with Gasteiger partial charge in [-0.2, -0.15) is 0 Å². The highest BCUT2D eigenvalue weighted by atomic mass is 32.1. The zero-order valence-corrected chi connectivity index (χ0v) is 19.3. The monoisotopic (exact) mass is 447 g/mol. The Hall–Kier alpha value is -2.77. The van der Waals surface area contributed by atoms with Gasteiger partial charge in [0.1, 0.15) is 10.6 Å². The number of carbonyl (C=O) groups excluding carboxylic acids is 1. The Morgan fingerprint density at radius 1 is 1.06 bits per heavy atom. The smallest absolute Gasteiger partial charge is 0.233 e. The second-order valence-corrected chi connectivity index (χ2v) is 9.56. The van der Waals surface area contributed by atoms with Gasteiger partial charge in [0.25, 0.3) is 0 Å². The highest BCUT2D eigenvalue weighted by Gasteiger charge is 2.26. The van der Waals surface area contributed by atoms with E-state index in [0.29, 0.717) is 6.54 Å². The van der Waals surface area contributed by atoms with E-state index < -0.39 is 0 Å². The summed E-state index contributed by atoms with van der Waals surface area (Å²) >= 11 is 1.85. The van der Waals surface area contributed by atoms with Crippen LogP contribution in [0.1, 0.15) is 34.7 Å². The van der Waals surface area contributed by atoms with Gasteiger partial charge in [-0.3, -0.25) is 9.69 Å². The minimum Gasteiger partial charge on any atom is -0.358 e. The van der Waals surface area contributed by atoms with Crippen molar-refractivity contribution in [3.05, 3.63) is 52.2 Å². The fourth-order valence-corrected chi connectivity index (χ4v) is 5.86. The number of carbonyl (C=O) groups is 1. The number of rotatable bonds is 5. The summed E-state index contributed by atoms with van der Waals surface area (Å²) in [5, 5.41) is 3.99. The van der Waals surface area contributed by atoms with Gasteiger partial charge in [0.15, 0.2) is 5.82 Å². The number of thiophene rings is 1. The molecule has 3 aromatic rings. The maximum Gasteiger partial charge on any atom is 0.233 e. The lowest BCUT2D eigenvalue weighted by Crippen LogP contribution is -2.49.